The molecule has 1 aromatic heterocycles. The molecule has 1 aliphatic rings. The van der Waals surface area contributed by atoms with E-state index in [1.807, 2.05) is 0 Å². The molecule has 0 radical (unpaired) electrons. The molecule has 2 aromatic carbocycles. The first-order chi connectivity index (χ1) is 15.6. The minimum atomic E-state index is -4.65. The number of hydrogen-bond donors (Lipinski definition) is 1. The van der Waals surface area contributed by atoms with Gasteiger partial charge in [-0.1, -0.05) is 17.7 Å². The summed E-state index contributed by atoms with van der Waals surface area (Å²) >= 11 is 6.12. The van der Waals surface area contributed by atoms with Crippen molar-refractivity contribution in [1.82, 2.24) is 10.2 Å². The summed E-state index contributed by atoms with van der Waals surface area (Å²) in [5.74, 6) is -0.754. The fraction of sp³-hybridized carbons (Fsp3) is 0.227. The Hall–Kier alpha value is -3.53. The van der Waals surface area contributed by atoms with E-state index in [1.165, 1.54) is 19.1 Å². The lowest BCUT2D eigenvalue weighted by molar-refractivity contribution is -0.137. The van der Waals surface area contributed by atoms with Crippen molar-refractivity contribution >= 4 is 34.5 Å². The van der Waals surface area contributed by atoms with Crippen molar-refractivity contribution in [1.29, 1.82) is 0 Å². The Labute approximate surface area is 189 Å². The van der Waals surface area contributed by atoms with E-state index in [0.29, 0.717) is 0 Å². The van der Waals surface area contributed by atoms with Crippen LogP contribution in [0.3, 0.4) is 0 Å². The highest BCUT2D eigenvalue weighted by molar-refractivity contribution is 6.34. The molecule has 3 amide bonds. The fourth-order valence-corrected chi connectivity index (χ4v) is 3.63. The SMILES string of the molecule is C[C@@H]1NC(=O)N(CCOc2cc(C(F)(F)F)ccc2-c2cc(=O)c3cccc(Cl)c3o2)C1=O. The molecule has 33 heavy (non-hydrogen) atoms. The van der Waals surface area contributed by atoms with E-state index < -0.39 is 35.1 Å². The maximum atomic E-state index is 13.3. The van der Waals surface area contributed by atoms with Gasteiger partial charge < -0.3 is 14.5 Å². The summed E-state index contributed by atoms with van der Waals surface area (Å²) < 4.78 is 51.1. The molecule has 0 saturated carbocycles. The van der Waals surface area contributed by atoms with Crippen LogP contribution in [0.15, 0.2) is 51.7 Å². The minimum Gasteiger partial charge on any atom is -0.491 e. The third kappa shape index (κ3) is 4.38. The van der Waals surface area contributed by atoms with Crippen LogP contribution in [-0.4, -0.2) is 36.0 Å². The molecule has 2 heterocycles. The Balaban J connectivity index is 1.71. The van der Waals surface area contributed by atoms with Crippen LogP contribution in [0.25, 0.3) is 22.3 Å². The van der Waals surface area contributed by atoms with Crippen molar-refractivity contribution in [2.45, 2.75) is 19.1 Å². The molecule has 11 heteroatoms. The summed E-state index contributed by atoms with van der Waals surface area (Å²) in [6.07, 6.45) is -4.65. The zero-order valence-corrected chi connectivity index (χ0v) is 17.8. The molecule has 1 atom stereocenters. The van der Waals surface area contributed by atoms with E-state index in [4.69, 9.17) is 20.8 Å². The second-order valence-corrected chi connectivity index (χ2v) is 7.72. The zero-order chi connectivity index (χ0) is 23.9. The molecule has 0 aliphatic carbocycles. The Bertz CT molecular complexity index is 1320. The van der Waals surface area contributed by atoms with Gasteiger partial charge in [-0.2, -0.15) is 13.2 Å². The third-order valence-electron chi connectivity index (χ3n) is 5.08. The van der Waals surface area contributed by atoms with Crippen molar-refractivity contribution in [2.75, 3.05) is 13.2 Å². The fourth-order valence-electron chi connectivity index (χ4n) is 3.41. The maximum absolute atomic E-state index is 13.3. The van der Waals surface area contributed by atoms with Crippen LogP contribution in [0.2, 0.25) is 5.02 Å². The van der Waals surface area contributed by atoms with Crippen molar-refractivity contribution in [3.8, 4) is 17.1 Å². The summed E-state index contributed by atoms with van der Waals surface area (Å²) in [7, 11) is 0. The van der Waals surface area contributed by atoms with Crippen molar-refractivity contribution < 1.29 is 31.9 Å². The number of urea groups is 1. The van der Waals surface area contributed by atoms with Gasteiger partial charge in [0.15, 0.2) is 11.0 Å². The second-order valence-electron chi connectivity index (χ2n) is 7.31. The normalized spacial score (nSPS) is 16.4. The number of carbonyl (C=O) groups excluding carboxylic acids is 2. The Morgan fingerprint density at radius 3 is 2.58 bits per heavy atom. The number of carbonyl (C=O) groups is 2. The van der Waals surface area contributed by atoms with Gasteiger partial charge in [0.2, 0.25) is 0 Å². The lowest BCUT2D eigenvalue weighted by atomic mass is 10.1. The van der Waals surface area contributed by atoms with Gasteiger partial charge in [0, 0.05) is 6.07 Å². The van der Waals surface area contributed by atoms with Crippen LogP contribution in [0, 0.1) is 0 Å². The number of alkyl halides is 3. The first-order valence-corrected chi connectivity index (χ1v) is 10.1. The maximum Gasteiger partial charge on any atom is 0.416 e. The Morgan fingerprint density at radius 1 is 1.15 bits per heavy atom. The van der Waals surface area contributed by atoms with Gasteiger partial charge in [-0.05, 0) is 37.3 Å². The molecule has 0 bridgehead atoms. The molecule has 1 saturated heterocycles. The van der Waals surface area contributed by atoms with E-state index in [9.17, 15) is 27.6 Å². The van der Waals surface area contributed by atoms with Crippen molar-refractivity contribution in [3.63, 3.8) is 0 Å². The Kier molecular flexibility index (Phi) is 5.79. The highest BCUT2D eigenvalue weighted by Crippen LogP contribution is 2.38. The molecule has 7 nitrogen and oxygen atoms in total. The smallest absolute Gasteiger partial charge is 0.416 e. The average molecular weight is 481 g/mol. The summed E-state index contributed by atoms with van der Waals surface area (Å²) in [6.45, 7) is 1.05. The predicted molar refractivity (Wildman–Crippen MR) is 113 cm³/mol. The predicted octanol–water partition coefficient (Wildman–Crippen LogP) is 4.45. The first-order valence-electron chi connectivity index (χ1n) is 9.75. The van der Waals surface area contributed by atoms with Crippen LogP contribution in [-0.2, 0) is 11.0 Å². The van der Waals surface area contributed by atoms with Gasteiger partial charge >= 0.3 is 12.2 Å². The van der Waals surface area contributed by atoms with Gasteiger partial charge in [0.25, 0.3) is 5.91 Å². The molecule has 4 rings (SSSR count). The molecular formula is C22H16ClF3N2O5. The largest absolute Gasteiger partial charge is 0.491 e. The molecule has 172 valence electrons. The molecule has 1 N–H and O–H groups in total. The van der Waals surface area contributed by atoms with Gasteiger partial charge in [-0.3, -0.25) is 14.5 Å². The van der Waals surface area contributed by atoms with Crippen LogP contribution < -0.4 is 15.5 Å². The number of amides is 3. The third-order valence-corrected chi connectivity index (χ3v) is 5.37. The second kappa shape index (κ2) is 8.43. The summed E-state index contributed by atoms with van der Waals surface area (Å²) in [6, 6.07) is 7.14. The van der Waals surface area contributed by atoms with Gasteiger partial charge in [0.05, 0.1) is 28.1 Å². The van der Waals surface area contributed by atoms with Gasteiger partial charge in [-0.25, -0.2) is 4.79 Å². The quantitative estimate of drug-likeness (QED) is 0.545. The highest BCUT2D eigenvalue weighted by Gasteiger charge is 2.35. The van der Waals surface area contributed by atoms with E-state index >= 15 is 0 Å². The van der Waals surface area contributed by atoms with Crippen LogP contribution in [0.5, 0.6) is 5.75 Å². The number of rotatable bonds is 5. The monoisotopic (exact) mass is 480 g/mol. The number of hydrogen-bond acceptors (Lipinski definition) is 5. The number of fused-ring (bicyclic) bond motifs is 1. The number of nitrogens with one attached hydrogen (secondary N) is 1. The number of benzene rings is 2. The molecule has 1 aliphatic heterocycles. The summed E-state index contributed by atoms with van der Waals surface area (Å²) in [5.41, 5.74) is -1.26. The summed E-state index contributed by atoms with van der Waals surface area (Å²) in [5, 5.41) is 2.81. The van der Waals surface area contributed by atoms with Crippen LogP contribution in [0.4, 0.5) is 18.0 Å². The van der Waals surface area contributed by atoms with E-state index in [2.05, 4.69) is 5.32 Å². The van der Waals surface area contributed by atoms with Crippen LogP contribution >= 0.6 is 11.6 Å². The number of halogens is 4. The van der Waals surface area contributed by atoms with Crippen molar-refractivity contribution in [2.24, 2.45) is 0 Å². The molecule has 1 fully saturated rings. The van der Waals surface area contributed by atoms with Gasteiger partial charge in [-0.15, -0.1) is 0 Å². The number of ether oxygens (including phenoxy) is 1. The summed E-state index contributed by atoms with van der Waals surface area (Å²) in [4.78, 5) is 37.3. The topological polar surface area (TPSA) is 88.8 Å². The average Bonchev–Trinajstić information content (AvgIpc) is 2.99. The molecule has 3 aromatic rings. The molecule has 0 spiro atoms. The lowest BCUT2D eigenvalue weighted by Gasteiger charge is -2.17. The highest BCUT2D eigenvalue weighted by atomic mass is 35.5. The zero-order valence-electron chi connectivity index (χ0n) is 17.0. The van der Waals surface area contributed by atoms with Gasteiger partial charge in [0.1, 0.15) is 24.2 Å². The number of imide groups is 1. The van der Waals surface area contributed by atoms with Crippen LogP contribution in [0.1, 0.15) is 12.5 Å². The lowest BCUT2D eigenvalue weighted by Crippen LogP contribution is -2.34. The molecule has 0 unspecified atom stereocenters. The number of para-hydroxylation sites is 1. The Morgan fingerprint density at radius 2 is 1.91 bits per heavy atom. The standard InChI is InChI=1S/C22H16ClF3N2O5/c1-11-20(30)28(21(31)27-11)7-8-32-17-9-12(22(24,25)26)5-6-14(17)18-10-16(29)13-3-2-4-15(23)19(13)33-18/h2-6,9-11H,7-8H2,1H3,(H,27,31)/t11-/m0/s1. The van der Waals surface area contributed by atoms with E-state index in [1.54, 1.807) is 6.07 Å². The first kappa shape index (κ1) is 22.7. The van der Waals surface area contributed by atoms with E-state index in [-0.39, 0.29) is 46.2 Å². The minimum absolute atomic E-state index is 0.0482. The molecular weight excluding hydrogens is 465 g/mol. The number of nitrogens with zero attached hydrogens (tertiary/aromatic N) is 1. The van der Waals surface area contributed by atoms with E-state index in [0.717, 1.165) is 29.2 Å². The van der Waals surface area contributed by atoms with Crippen molar-refractivity contribution in [3.05, 3.63) is 63.3 Å².